The van der Waals surface area contributed by atoms with Crippen LogP contribution in [0.5, 0.6) is 0 Å². The van der Waals surface area contributed by atoms with Crippen molar-refractivity contribution in [3.63, 3.8) is 0 Å². The molecule has 0 saturated carbocycles. The maximum Gasteiger partial charge on any atom is 0.126 e. The van der Waals surface area contributed by atoms with Gasteiger partial charge in [0.15, 0.2) is 0 Å². The van der Waals surface area contributed by atoms with E-state index in [0.29, 0.717) is 5.56 Å². The van der Waals surface area contributed by atoms with E-state index in [1.54, 1.807) is 6.07 Å². The zero-order valence-electron chi connectivity index (χ0n) is 14.1. The molecule has 1 atom stereocenters. The molecule has 1 unspecified atom stereocenters. The van der Waals surface area contributed by atoms with E-state index in [-0.39, 0.29) is 11.9 Å². The Labute approximate surface area is 129 Å². The van der Waals surface area contributed by atoms with Crippen LogP contribution in [0.3, 0.4) is 0 Å². The molecule has 0 aromatic heterocycles. The number of anilines is 1. The Bertz CT molecular complexity index is 482. The molecule has 0 saturated heterocycles. The van der Waals surface area contributed by atoms with Crippen molar-refractivity contribution in [2.24, 2.45) is 0 Å². The molecule has 0 radical (unpaired) electrons. The van der Waals surface area contributed by atoms with E-state index >= 15 is 0 Å². The van der Waals surface area contributed by atoms with E-state index in [1.165, 1.54) is 0 Å². The summed E-state index contributed by atoms with van der Waals surface area (Å²) in [5.74, 6) is -0.134. The third-order valence-corrected chi connectivity index (χ3v) is 3.66. The molecular formula is C18H29FN2. The van der Waals surface area contributed by atoms with Crippen LogP contribution in [-0.4, -0.2) is 19.6 Å². The van der Waals surface area contributed by atoms with Gasteiger partial charge in [-0.25, -0.2) is 4.39 Å². The van der Waals surface area contributed by atoms with Crippen molar-refractivity contribution in [1.29, 1.82) is 0 Å². The average molecular weight is 292 g/mol. The first-order valence-corrected chi connectivity index (χ1v) is 7.83. The molecule has 0 heterocycles. The molecule has 0 aliphatic rings. The smallest absolute Gasteiger partial charge is 0.126 e. The van der Waals surface area contributed by atoms with Crippen LogP contribution < -0.4 is 10.2 Å². The van der Waals surface area contributed by atoms with Crippen LogP contribution in [0.4, 0.5) is 10.1 Å². The summed E-state index contributed by atoms with van der Waals surface area (Å²) >= 11 is 0. The normalized spacial score (nSPS) is 12.3. The van der Waals surface area contributed by atoms with E-state index in [9.17, 15) is 4.39 Å². The van der Waals surface area contributed by atoms with Gasteiger partial charge in [0.05, 0.1) is 0 Å². The quantitative estimate of drug-likeness (QED) is 0.705. The predicted octanol–water partition coefficient (Wildman–Crippen LogP) is 4.60. The second-order valence-electron chi connectivity index (χ2n) is 5.81. The zero-order valence-corrected chi connectivity index (χ0v) is 14.1. The number of halogens is 1. The number of hydrogen-bond acceptors (Lipinski definition) is 2. The molecule has 0 spiro atoms. The topological polar surface area (TPSA) is 15.3 Å². The minimum absolute atomic E-state index is 0.134. The highest BCUT2D eigenvalue weighted by molar-refractivity contribution is 5.57. The fourth-order valence-electron chi connectivity index (χ4n) is 2.47. The van der Waals surface area contributed by atoms with Crippen molar-refractivity contribution in [2.75, 3.05) is 24.5 Å². The monoisotopic (exact) mass is 292 g/mol. The summed E-state index contributed by atoms with van der Waals surface area (Å²) in [6.07, 6.45) is 1.07. The first kappa shape index (κ1) is 17.7. The third-order valence-electron chi connectivity index (χ3n) is 3.66. The van der Waals surface area contributed by atoms with E-state index in [4.69, 9.17) is 0 Å². The van der Waals surface area contributed by atoms with Crippen LogP contribution in [0.25, 0.3) is 0 Å². The van der Waals surface area contributed by atoms with E-state index < -0.39 is 0 Å². The van der Waals surface area contributed by atoms with E-state index in [2.05, 4.69) is 37.6 Å². The summed E-state index contributed by atoms with van der Waals surface area (Å²) in [5, 5.41) is 3.45. The van der Waals surface area contributed by atoms with Gasteiger partial charge >= 0.3 is 0 Å². The van der Waals surface area contributed by atoms with Crippen LogP contribution >= 0.6 is 0 Å². The van der Waals surface area contributed by atoms with Gasteiger partial charge in [-0.1, -0.05) is 19.1 Å². The Morgan fingerprint density at radius 1 is 1.38 bits per heavy atom. The largest absolute Gasteiger partial charge is 0.368 e. The lowest BCUT2D eigenvalue weighted by atomic mass is 10.0. The van der Waals surface area contributed by atoms with Crippen LogP contribution in [0.2, 0.25) is 0 Å². The van der Waals surface area contributed by atoms with Gasteiger partial charge in [0.25, 0.3) is 0 Å². The maximum atomic E-state index is 14.0. The molecule has 0 amide bonds. The maximum absolute atomic E-state index is 14.0. The summed E-state index contributed by atoms with van der Waals surface area (Å²) in [6, 6.07) is 3.77. The Hall–Kier alpha value is -1.35. The van der Waals surface area contributed by atoms with Crippen molar-refractivity contribution < 1.29 is 4.39 Å². The van der Waals surface area contributed by atoms with E-state index in [1.807, 2.05) is 19.9 Å². The molecule has 0 bridgehead atoms. The first-order valence-electron chi connectivity index (χ1n) is 7.83. The Balaban J connectivity index is 3.20. The zero-order chi connectivity index (χ0) is 16.0. The number of aryl methyl sites for hydroxylation is 1. The lowest BCUT2D eigenvalue weighted by Crippen LogP contribution is -2.28. The molecule has 3 heteroatoms. The molecule has 21 heavy (non-hydrogen) atoms. The minimum Gasteiger partial charge on any atom is -0.368 e. The van der Waals surface area contributed by atoms with Crippen molar-refractivity contribution >= 4 is 5.69 Å². The van der Waals surface area contributed by atoms with E-state index in [0.717, 1.165) is 42.9 Å². The van der Waals surface area contributed by atoms with Gasteiger partial charge < -0.3 is 10.2 Å². The van der Waals surface area contributed by atoms with Crippen LogP contribution in [0, 0.1) is 12.7 Å². The highest BCUT2D eigenvalue weighted by atomic mass is 19.1. The number of benzene rings is 1. The van der Waals surface area contributed by atoms with Gasteiger partial charge in [0, 0.05) is 24.8 Å². The highest BCUT2D eigenvalue weighted by Gasteiger charge is 2.17. The number of nitrogens with zero attached hydrogens (tertiary/aromatic N) is 1. The third kappa shape index (κ3) is 4.85. The molecule has 118 valence electrons. The molecular weight excluding hydrogens is 263 g/mol. The first-order chi connectivity index (χ1) is 9.90. The van der Waals surface area contributed by atoms with Gasteiger partial charge in [-0.3, -0.25) is 0 Å². The molecule has 0 aliphatic carbocycles. The molecule has 1 aromatic carbocycles. The highest BCUT2D eigenvalue weighted by Crippen LogP contribution is 2.30. The number of hydrogen-bond donors (Lipinski definition) is 1. The standard InChI is InChI=1S/C18H29FN2/c1-7-9-20-15(6)16-11-17(19)14(5)10-18(16)21(8-2)12-13(3)4/h10-11,15,20H,3,7-9,12H2,1-2,4-6H3. The van der Waals surface area contributed by atoms with Gasteiger partial charge in [-0.15, -0.1) is 0 Å². The Morgan fingerprint density at radius 3 is 2.57 bits per heavy atom. The van der Waals surface area contributed by atoms with Crippen molar-refractivity contribution in [1.82, 2.24) is 5.32 Å². The van der Waals surface area contributed by atoms with Crippen LogP contribution in [0.15, 0.2) is 24.3 Å². The lowest BCUT2D eigenvalue weighted by Gasteiger charge is -2.29. The summed E-state index contributed by atoms with van der Waals surface area (Å²) in [6.45, 7) is 16.8. The summed E-state index contributed by atoms with van der Waals surface area (Å²) in [7, 11) is 0. The molecule has 1 aromatic rings. The average Bonchev–Trinajstić information content (AvgIpc) is 2.44. The SMILES string of the molecule is C=C(C)CN(CC)c1cc(C)c(F)cc1C(C)NCCC. The van der Waals surface area contributed by atoms with Crippen molar-refractivity contribution in [3.05, 3.63) is 41.2 Å². The minimum atomic E-state index is -0.134. The summed E-state index contributed by atoms with van der Waals surface area (Å²) < 4.78 is 14.0. The number of nitrogens with one attached hydrogen (secondary N) is 1. The molecule has 0 fully saturated rings. The van der Waals surface area contributed by atoms with Crippen molar-refractivity contribution in [3.8, 4) is 0 Å². The summed E-state index contributed by atoms with van der Waals surface area (Å²) in [4.78, 5) is 2.26. The van der Waals surface area contributed by atoms with Gasteiger partial charge in [0.2, 0.25) is 0 Å². The molecule has 2 nitrogen and oxygen atoms in total. The van der Waals surface area contributed by atoms with Crippen LogP contribution in [-0.2, 0) is 0 Å². The second kappa shape index (κ2) is 8.18. The molecule has 1 rings (SSSR count). The molecule has 0 aliphatic heterocycles. The fraction of sp³-hybridized carbons (Fsp3) is 0.556. The Kier molecular flexibility index (Phi) is 6.90. The predicted molar refractivity (Wildman–Crippen MR) is 90.5 cm³/mol. The lowest BCUT2D eigenvalue weighted by molar-refractivity contribution is 0.559. The molecule has 1 N–H and O–H groups in total. The van der Waals surface area contributed by atoms with Crippen molar-refractivity contribution in [2.45, 2.75) is 47.1 Å². The second-order valence-corrected chi connectivity index (χ2v) is 5.81. The van der Waals surface area contributed by atoms with Gasteiger partial charge in [-0.05, 0) is 63.9 Å². The van der Waals surface area contributed by atoms with Gasteiger partial charge in [0.1, 0.15) is 5.82 Å². The number of likely N-dealkylation sites (N-methyl/N-ethyl adjacent to an activating group) is 1. The van der Waals surface area contributed by atoms with Gasteiger partial charge in [-0.2, -0.15) is 0 Å². The van der Waals surface area contributed by atoms with Crippen LogP contribution in [0.1, 0.15) is 51.3 Å². The fourth-order valence-corrected chi connectivity index (χ4v) is 2.47. The number of rotatable bonds is 8. The Morgan fingerprint density at radius 2 is 2.05 bits per heavy atom. The summed E-state index contributed by atoms with van der Waals surface area (Å²) in [5.41, 5.74) is 3.93.